The van der Waals surface area contributed by atoms with Gasteiger partial charge in [-0.2, -0.15) is 5.10 Å². The third kappa shape index (κ3) is 3.85. The van der Waals surface area contributed by atoms with Crippen molar-refractivity contribution in [3.8, 4) is 17.0 Å². The van der Waals surface area contributed by atoms with Crippen molar-refractivity contribution in [2.24, 2.45) is 11.0 Å². The molecular weight excluding hydrogens is 294 g/mol. The monoisotopic (exact) mass is 315 g/mol. The minimum Gasteiger partial charge on any atom is -0.497 e. The van der Waals surface area contributed by atoms with Gasteiger partial charge in [0.1, 0.15) is 5.75 Å². The van der Waals surface area contributed by atoms with Crippen LogP contribution in [0.15, 0.2) is 34.7 Å². The van der Waals surface area contributed by atoms with E-state index in [9.17, 15) is 0 Å². The molecule has 22 heavy (non-hydrogen) atoms. The first-order valence-corrected chi connectivity index (χ1v) is 8.62. The highest BCUT2D eigenvalue weighted by atomic mass is 32.1. The molecule has 4 nitrogen and oxygen atoms in total. The molecule has 0 bridgehead atoms. The first-order chi connectivity index (χ1) is 10.8. The molecule has 0 amide bonds. The highest BCUT2D eigenvalue weighted by Crippen LogP contribution is 2.26. The molecular formula is C17H21N3OS. The zero-order valence-corrected chi connectivity index (χ0v) is 13.6. The number of hydrogen-bond donors (Lipinski definition) is 1. The number of nitrogens with one attached hydrogen (secondary N) is 1. The van der Waals surface area contributed by atoms with E-state index in [1.807, 2.05) is 35.9 Å². The summed E-state index contributed by atoms with van der Waals surface area (Å²) in [7, 11) is 1.67. The van der Waals surface area contributed by atoms with Crippen molar-refractivity contribution in [1.82, 2.24) is 4.98 Å². The lowest BCUT2D eigenvalue weighted by molar-refractivity contribution is 0.415. The molecule has 1 aliphatic rings. The van der Waals surface area contributed by atoms with Crippen LogP contribution in [0.2, 0.25) is 0 Å². The normalized spacial score (nSPS) is 16.0. The predicted octanol–water partition coefficient (Wildman–Crippen LogP) is 4.80. The van der Waals surface area contributed by atoms with Crippen molar-refractivity contribution >= 4 is 22.7 Å². The van der Waals surface area contributed by atoms with Gasteiger partial charge in [0, 0.05) is 17.2 Å². The fourth-order valence-corrected chi connectivity index (χ4v) is 3.37. The zero-order chi connectivity index (χ0) is 15.2. The molecule has 0 spiro atoms. The second kappa shape index (κ2) is 7.40. The molecule has 1 heterocycles. The smallest absolute Gasteiger partial charge is 0.203 e. The Kier molecular flexibility index (Phi) is 5.06. The third-order valence-corrected chi connectivity index (χ3v) is 4.73. The molecule has 0 unspecified atom stereocenters. The fourth-order valence-electron chi connectivity index (χ4n) is 2.70. The molecule has 1 aromatic carbocycles. The maximum Gasteiger partial charge on any atom is 0.203 e. The highest BCUT2D eigenvalue weighted by molar-refractivity contribution is 7.14. The van der Waals surface area contributed by atoms with Crippen LogP contribution in [-0.4, -0.2) is 18.3 Å². The summed E-state index contributed by atoms with van der Waals surface area (Å²) in [4.78, 5) is 4.57. The molecule has 1 N–H and O–H groups in total. The standard InChI is InChI=1S/C17H21N3OS/c1-21-15-9-7-14(8-10-15)16-12-22-17(19-16)20-18-11-13-5-3-2-4-6-13/h7-13H,2-6H2,1H3,(H,19,20)/b18-11+. The number of nitrogens with zero attached hydrogens (tertiary/aromatic N) is 2. The molecule has 3 rings (SSSR count). The van der Waals surface area contributed by atoms with E-state index in [1.54, 1.807) is 18.4 Å². The van der Waals surface area contributed by atoms with E-state index in [2.05, 4.69) is 15.5 Å². The molecule has 116 valence electrons. The van der Waals surface area contributed by atoms with Gasteiger partial charge in [-0.05, 0) is 43.0 Å². The average molecular weight is 315 g/mol. The topological polar surface area (TPSA) is 46.5 Å². The van der Waals surface area contributed by atoms with Crippen LogP contribution in [0, 0.1) is 5.92 Å². The summed E-state index contributed by atoms with van der Waals surface area (Å²) >= 11 is 1.57. The number of hydrazone groups is 1. The average Bonchev–Trinajstić information content (AvgIpc) is 3.05. The summed E-state index contributed by atoms with van der Waals surface area (Å²) in [5.74, 6) is 1.48. The van der Waals surface area contributed by atoms with E-state index in [4.69, 9.17) is 4.74 Å². The predicted molar refractivity (Wildman–Crippen MR) is 92.8 cm³/mol. The largest absolute Gasteiger partial charge is 0.497 e. The Hall–Kier alpha value is -1.88. The minimum atomic E-state index is 0.627. The van der Waals surface area contributed by atoms with Crippen molar-refractivity contribution in [3.05, 3.63) is 29.6 Å². The quantitative estimate of drug-likeness (QED) is 0.637. The van der Waals surface area contributed by atoms with Gasteiger partial charge in [-0.1, -0.05) is 19.3 Å². The van der Waals surface area contributed by atoms with Crippen LogP contribution in [0.5, 0.6) is 5.75 Å². The maximum absolute atomic E-state index is 5.17. The zero-order valence-electron chi connectivity index (χ0n) is 12.8. The fraction of sp³-hybridized carbons (Fsp3) is 0.412. The Morgan fingerprint density at radius 2 is 2.00 bits per heavy atom. The van der Waals surface area contributed by atoms with Crippen LogP contribution in [0.1, 0.15) is 32.1 Å². The number of benzene rings is 1. The molecule has 1 fully saturated rings. The number of ether oxygens (including phenoxy) is 1. The van der Waals surface area contributed by atoms with Gasteiger partial charge >= 0.3 is 0 Å². The van der Waals surface area contributed by atoms with Crippen molar-refractivity contribution in [3.63, 3.8) is 0 Å². The molecule has 0 aliphatic heterocycles. The summed E-state index contributed by atoms with van der Waals surface area (Å²) in [6.45, 7) is 0. The molecule has 1 saturated carbocycles. The molecule has 0 atom stereocenters. The van der Waals surface area contributed by atoms with E-state index < -0.39 is 0 Å². The summed E-state index contributed by atoms with van der Waals surface area (Å²) < 4.78 is 5.17. The van der Waals surface area contributed by atoms with Gasteiger partial charge in [-0.15, -0.1) is 11.3 Å². The van der Waals surface area contributed by atoms with Gasteiger partial charge < -0.3 is 4.74 Å². The second-order valence-electron chi connectivity index (χ2n) is 5.55. The van der Waals surface area contributed by atoms with Crippen LogP contribution in [0.4, 0.5) is 5.13 Å². The van der Waals surface area contributed by atoms with E-state index in [0.29, 0.717) is 5.92 Å². The SMILES string of the molecule is COc1ccc(-c2csc(N/N=C/C3CCCCC3)n2)cc1. The van der Waals surface area contributed by atoms with E-state index >= 15 is 0 Å². The Balaban J connectivity index is 1.59. The first kappa shape index (κ1) is 15.0. The van der Waals surface area contributed by atoms with Gasteiger partial charge in [0.05, 0.1) is 12.8 Å². The van der Waals surface area contributed by atoms with Crippen molar-refractivity contribution in [2.45, 2.75) is 32.1 Å². The van der Waals surface area contributed by atoms with Crippen molar-refractivity contribution in [2.75, 3.05) is 12.5 Å². The molecule has 0 radical (unpaired) electrons. The lowest BCUT2D eigenvalue weighted by atomic mass is 9.90. The number of anilines is 1. The summed E-state index contributed by atoms with van der Waals surface area (Å²) in [5.41, 5.74) is 5.10. The Morgan fingerprint density at radius 3 is 2.73 bits per heavy atom. The number of rotatable bonds is 5. The Bertz CT molecular complexity index is 615. The number of thiazole rings is 1. The van der Waals surface area contributed by atoms with E-state index in [1.165, 1.54) is 32.1 Å². The molecule has 1 aliphatic carbocycles. The maximum atomic E-state index is 5.17. The van der Waals surface area contributed by atoms with E-state index in [-0.39, 0.29) is 0 Å². The van der Waals surface area contributed by atoms with Gasteiger partial charge in [0.25, 0.3) is 0 Å². The van der Waals surface area contributed by atoms with Crippen molar-refractivity contribution < 1.29 is 4.74 Å². The number of hydrogen-bond acceptors (Lipinski definition) is 5. The first-order valence-electron chi connectivity index (χ1n) is 7.74. The van der Waals surface area contributed by atoms with Crippen LogP contribution < -0.4 is 10.2 Å². The van der Waals surface area contributed by atoms with Crippen LogP contribution in [-0.2, 0) is 0 Å². The van der Waals surface area contributed by atoms with Gasteiger partial charge in [0.15, 0.2) is 0 Å². The van der Waals surface area contributed by atoms with E-state index in [0.717, 1.165) is 22.1 Å². The van der Waals surface area contributed by atoms with Gasteiger partial charge in [-0.3, -0.25) is 5.43 Å². The molecule has 5 heteroatoms. The lowest BCUT2D eigenvalue weighted by Crippen LogP contribution is -2.08. The Labute approximate surface area is 135 Å². The van der Waals surface area contributed by atoms with Crippen molar-refractivity contribution in [1.29, 1.82) is 0 Å². The highest BCUT2D eigenvalue weighted by Gasteiger charge is 2.10. The molecule has 0 saturated heterocycles. The van der Waals surface area contributed by atoms with Crippen LogP contribution >= 0.6 is 11.3 Å². The Morgan fingerprint density at radius 1 is 1.23 bits per heavy atom. The van der Waals surface area contributed by atoms with Gasteiger partial charge in [-0.25, -0.2) is 4.98 Å². The number of methoxy groups -OCH3 is 1. The van der Waals surface area contributed by atoms with Crippen LogP contribution in [0.3, 0.4) is 0 Å². The second-order valence-corrected chi connectivity index (χ2v) is 6.41. The summed E-state index contributed by atoms with van der Waals surface area (Å²) in [6.07, 6.45) is 8.61. The summed E-state index contributed by atoms with van der Waals surface area (Å²) in [5, 5.41) is 7.23. The third-order valence-electron chi connectivity index (χ3n) is 3.99. The molecule has 1 aromatic heterocycles. The van der Waals surface area contributed by atoms with Gasteiger partial charge in [0.2, 0.25) is 5.13 Å². The summed E-state index contributed by atoms with van der Waals surface area (Å²) in [6, 6.07) is 7.93. The van der Waals surface area contributed by atoms with Crippen LogP contribution in [0.25, 0.3) is 11.3 Å². The molecule has 2 aromatic rings. The minimum absolute atomic E-state index is 0.627. The number of aromatic nitrogens is 1. The lowest BCUT2D eigenvalue weighted by Gasteiger charge is -2.16.